The van der Waals surface area contributed by atoms with Crippen molar-refractivity contribution < 1.29 is 53.1 Å². The number of ketones is 1. The first-order valence-electron chi connectivity index (χ1n) is 2.43. The summed E-state index contributed by atoms with van der Waals surface area (Å²) in [7, 11) is 0. The molecule has 0 heterocycles. The van der Waals surface area contributed by atoms with Crippen LogP contribution < -0.4 is 15.3 Å². The van der Waals surface area contributed by atoms with Gasteiger partial charge in [-0.2, -0.15) is 0 Å². The third-order valence-electron chi connectivity index (χ3n) is 0.454. The Kier molecular flexibility index (Phi) is 11.9. The molecule has 0 aromatic carbocycles. The van der Waals surface area contributed by atoms with Crippen LogP contribution in [-0.4, -0.2) is 23.7 Å². The predicted octanol–water partition coefficient (Wildman–Crippen LogP) is -5.19. The Hall–Kier alpha value is -1.34. The van der Waals surface area contributed by atoms with Crippen LogP contribution in [0.25, 0.3) is 0 Å². The number of carboxylic acids is 3. The fourth-order valence-corrected chi connectivity index (χ4v) is 0. The maximum absolute atomic E-state index is 9.48. The average molecular weight is 226 g/mol. The van der Waals surface area contributed by atoms with Crippen molar-refractivity contribution in [3.8, 4) is 0 Å². The molecule has 0 aliphatic carbocycles. The van der Waals surface area contributed by atoms with Crippen LogP contribution in [0.3, 0.4) is 0 Å². The molecule has 0 unspecified atom stereocenters. The zero-order chi connectivity index (χ0) is 10.3. The Labute approximate surface area is 84.2 Å². The van der Waals surface area contributed by atoms with E-state index >= 15 is 0 Å². The summed E-state index contributed by atoms with van der Waals surface area (Å²) in [5.74, 6) is -6.94. The second kappa shape index (κ2) is 8.76. The number of carboxylic acid groups (broad SMARTS) is 3. The maximum atomic E-state index is 9.48. The van der Waals surface area contributed by atoms with Crippen molar-refractivity contribution in [2.45, 2.75) is 6.92 Å². The molecule has 0 aromatic heterocycles. The van der Waals surface area contributed by atoms with Gasteiger partial charge in [-0.25, -0.2) is 0 Å². The first kappa shape index (κ1) is 17.7. The summed E-state index contributed by atoms with van der Waals surface area (Å²) in [6.45, 7) is 0.940. The van der Waals surface area contributed by atoms with Gasteiger partial charge in [-0.1, -0.05) is 0 Å². The van der Waals surface area contributed by atoms with E-state index in [-0.39, 0.29) is 18.6 Å². The van der Waals surface area contributed by atoms with Gasteiger partial charge in [0.15, 0.2) is 5.78 Å². The summed E-state index contributed by atoms with van der Waals surface area (Å²) in [5.41, 5.74) is 0. The van der Waals surface area contributed by atoms with E-state index in [0.717, 1.165) is 6.92 Å². The van der Waals surface area contributed by atoms with Gasteiger partial charge >= 0.3 is 0 Å². The molecule has 0 fully saturated rings. The van der Waals surface area contributed by atoms with Crippen molar-refractivity contribution in [3.05, 3.63) is 0 Å². The predicted molar refractivity (Wildman–Crippen MR) is 25.7 cm³/mol. The molecule has 0 bridgehead atoms. The minimum Gasteiger partial charge on any atom is -0.543 e. The largest absolute Gasteiger partial charge is 0.543 e. The van der Waals surface area contributed by atoms with Gasteiger partial charge in [0, 0.05) is 25.5 Å². The number of aliphatic carboxylic acids is 3. The first-order chi connectivity index (χ1) is 5.29. The molecule has 0 aromatic rings. The molecule has 0 saturated heterocycles. The zero-order valence-electron chi connectivity index (χ0n) is 6.30. The van der Waals surface area contributed by atoms with Gasteiger partial charge in [-0.05, 0) is 0 Å². The molecule has 1 radical (unpaired) electrons. The number of rotatable bonds is 1. The molecule has 73 valence electrons. The Balaban J connectivity index is -0.000000143. The number of carbonyl (C=O) groups is 4. The maximum Gasteiger partial charge on any atom is 0.175 e. The van der Waals surface area contributed by atoms with Gasteiger partial charge < -0.3 is 29.7 Å². The molecule has 0 aliphatic rings. The molecule has 13 heavy (non-hydrogen) atoms. The fourth-order valence-electron chi connectivity index (χ4n) is 0. The Morgan fingerprint density at radius 2 is 0.923 bits per heavy atom. The van der Waals surface area contributed by atoms with E-state index in [1.807, 2.05) is 0 Å². The monoisotopic (exact) mass is 226 g/mol. The fraction of sp³-hybridized carbons (Fsp3) is 0.200. The summed E-state index contributed by atoms with van der Waals surface area (Å²) in [6, 6.07) is 0. The van der Waals surface area contributed by atoms with Crippen molar-refractivity contribution >= 4 is 23.7 Å². The molecule has 0 N–H and O–H groups in total. The van der Waals surface area contributed by atoms with Crippen LogP contribution in [0, 0.1) is 0 Å². The zero-order valence-corrected chi connectivity index (χ0v) is 7.70. The van der Waals surface area contributed by atoms with Crippen LogP contribution in [-0.2, 0) is 37.7 Å². The Bertz CT molecular complexity index is 173. The standard InChI is InChI=1S/C3H4O3.C2H2O4.V/c1-2(4)3(5)6;3-1(4)2(5)6;/h1H3,(H,5,6);(H,3,4)(H,5,6);/p-3. The van der Waals surface area contributed by atoms with Crippen molar-refractivity contribution in [2.75, 3.05) is 0 Å². The van der Waals surface area contributed by atoms with Crippen LogP contribution >= 0.6 is 0 Å². The molecule has 0 saturated carbocycles. The molecule has 7 nitrogen and oxygen atoms in total. The van der Waals surface area contributed by atoms with Crippen molar-refractivity contribution in [1.29, 1.82) is 0 Å². The van der Waals surface area contributed by atoms with Gasteiger partial charge in [-0.15, -0.1) is 0 Å². The number of hydrogen-bond donors (Lipinski definition) is 0. The summed E-state index contributed by atoms with van der Waals surface area (Å²) < 4.78 is 0. The van der Waals surface area contributed by atoms with E-state index in [1.165, 1.54) is 0 Å². The van der Waals surface area contributed by atoms with Crippen molar-refractivity contribution in [1.82, 2.24) is 0 Å². The second-order valence-corrected chi connectivity index (χ2v) is 1.42. The molecular weight excluding hydrogens is 223 g/mol. The minimum absolute atomic E-state index is 0. The quantitative estimate of drug-likeness (QED) is 0.407. The summed E-state index contributed by atoms with van der Waals surface area (Å²) in [6.07, 6.45) is 0. The van der Waals surface area contributed by atoms with E-state index < -0.39 is 23.7 Å². The van der Waals surface area contributed by atoms with Gasteiger partial charge in [0.25, 0.3) is 0 Å². The topological polar surface area (TPSA) is 137 Å². The van der Waals surface area contributed by atoms with E-state index in [4.69, 9.17) is 19.8 Å². The molecule has 0 rings (SSSR count). The van der Waals surface area contributed by atoms with Gasteiger partial charge in [0.05, 0.1) is 11.9 Å². The molecule has 8 heteroatoms. The van der Waals surface area contributed by atoms with E-state index in [2.05, 4.69) is 0 Å². The van der Waals surface area contributed by atoms with Crippen LogP contribution in [0.4, 0.5) is 0 Å². The Morgan fingerprint density at radius 3 is 0.923 bits per heavy atom. The van der Waals surface area contributed by atoms with Gasteiger partial charge in [0.1, 0.15) is 5.97 Å². The van der Waals surface area contributed by atoms with E-state index in [9.17, 15) is 14.7 Å². The van der Waals surface area contributed by atoms with Crippen molar-refractivity contribution in [3.63, 3.8) is 0 Å². The molecular formula is C5H3O7V-3. The van der Waals surface area contributed by atoms with Crippen LogP contribution in [0.1, 0.15) is 6.92 Å². The van der Waals surface area contributed by atoms with Crippen LogP contribution in [0.15, 0.2) is 0 Å². The minimum atomic E-state index is -2.19. The number of Topliss-reactive ketones (excluding diaryl/α,β-unsaturated/α-hetero) is 1. The van der Waals surface area contributed by atoms with Crippen LogP contribution in [0.5, 0.6) is 0 Å². The molecule has 0 aliphatic heterocycles. The average Bonchev–Trinajstić information content (AvgIpc) is 1.88. The third kappa shape index (κ3) is 18.0. The van der Waals surface area contributed by atoms with E-state index in [0.29, 0.717) is 0 Å². The third-order valence-corrected chi connectivity index (χ3v) is 0.454. The van der Waals surface area contributed by atoms with Gasteiger partial charge in [0.2, 0.25) is 0 Å². The summed E-state index contributed by atoms with van der Waals surface area (Å²) in [5, 5.41) is 27.1. The number of carbonyl (C=O) groups excluding carboxylic acids is 4. The number of hydrogen-bond acceptors (Lipinski definition) is 7. The SMILES string of the molecule is CC(=O)C(=O)[O-].O=C([O-])C(=O)[O-].[V]. The van der Waals surface area contributed by atoms with E-state index in [1.54, 1.807) is 0 Å². The van der Waals surface area contributed by atoms with Crippen LogP contribution in [0.2, 0.25) is 0 Å². The molecule has 0 spiro atoms. The van der Waals surface area contributed by atoms with Crippen molar-refractivity contribution in [2.24, 2.45) is 0 Å². The Morgan fingerprint density at radius 1 is 0.769 bits per heavy atom. The smallest absolute Gasteiger partial charge is 0.175 e. The molecule has 0 amide bonds. The normalized spacial score (nSPS) is 6.85. The second-order valence-electron chi connectivity index (χ2n) is 1.42. The molecule has 0 atom stereocenters. The van der Waals surface area contributed by atoms with Gasteiger partial charge in [-0.3, -0.25) is 4.79 Å². The summed E-state index contributed by atoms with van der Waals surface area (Å²) in [4.78, 5) is 36.6. The first-order valence-corrected chi connectivity index (χ1v) is 2.43. The summed E-state index contributed by atoms with van der Waals surface area (Å²) >= 11 is 0.